The zero-order chi connectivity index (χ0) is 15.6. The van der Waals surface area contributed by atoms with Crippen LogP contribution < -0.4 is 0 Å². The van der Waals surface area contributed by atoms with E-state index in [-0.39, 0.29) is 17.9 Å². The molecule has 0 bridgehead atoms. The fraction of sp³-hybridized carbons (Fsp3) is 0.600. The maximum Gasteiger partial charge on any atom is 0.306 e. The summed E-state index contributed by atoms with van der Waals surface area (Å²) in [6.07, 6.45) is 1.65. The highest BCUT2D eigenvalue weighted by atomic mass is 16.4. The third-order valence-electron chi connectivity index (χ3n) is 4.04. The lowest BCUT2D eigenvalue weighted by molar-refractivity contribution is -0.143. The van der Waals surface area contributed by atoms with Crippen LogP contribution in [0.3, 0.4) is 0 Å². The third kappa shape index (κ3) is 3.20. The summed E-state index contributed by atoms with van der Waals surface area (Å²) in [7, 11) is 0. The number of piperidine rings is 1. The van der Waals surface area contributed by atoms with Crippen molar-refractivity contribution in [3.8, 4) is 0 Å². The van der Waals surface area contributed by atoms with Crippen molar-refractivity contribution in [1.29, 1.82) is 0 Å². The van der Waals surface area contributed by atoms with Gasteiger partial charge in [0.1, 0.15) is 0 Å². The molecule has 1 aromatic heterocycles. The van der Waals surface area contributed by atoms with Gasteiger partial charge in [-0.2, -0.15) is 10.2 Å². The number of hydrogen-bond acceptors (Lipinski definition) is 4. The molecule has 2 unspecified atom stereocenters. The molecule has 1 saturated heterocycles. The predicted octanol–water partition coefficient (Wildman–Crippen LogP) is 1.67. The van der Waals surface area contributed by atoms with Crippen molar-refractivity contribution in [3.63, 3.8) is 0 Å². The number of carbonyl (C=O) groups excluding carboxylic acids is 1. The molecule has 1 N–H and O–H groups in total. The number of likely N-dealkylation sites (tertiary alicyclic amines) is 1. The Hall–Kier alpha value is -1.98. The summed E-state index contributed by atoms with van der Waals surface area (Å²) in [4.78, 5) is 25.6. The highest BCUT2D eigenvalue weighted by molar-refractivity contribution is 5.95. The topological polar surface area (TPSA) is 83.4 Å². The molecule has 2 atom stereocenters. The minimum atomic E-state index is -0.774. The monoisotopic (exact) mass is 291 g/mol. The van der Waals surface area contributed by atoms with Gasteiger partial charge in [-0.25, -0.2) is 0 Å². The van der Waals surface area contributed by atoms with Gasteiger partial charge in [0.2, 0.25) is 0 Å². The fourth-order valence-electron chi connectivity index (χ4n) is 2.81. The van der Waals surface area contributed by atoms with Crippen LogP contribution in [0.15, 0.2) is 6.07 Å². The summed E-state index contributed by atoms with van der Waals surface area (Å²) in [5.74, 6) is -1.20. The SMILES string of the molecule is CCc1nnc(C)cc1C(=O)N1CCC(C(=O)O)CC1C. The molecule has 6 nitrogen and oxygen atoms in total. The molecule has 1 amide bonds. The predicted molar refractivity (Wildman–Crippen MR) is 77.0 cm³/mol. The van der Waals surface area contributed by atoms with Gasteiger partial charge >= 0.3 is 5.97 Å². The van der Waals surface area contributed by atoms with Gasteiger partial charge in [-0.1, -0.05) is 6.92 Å². The molecule has 1 fully saturated rings. The molecule has 2 rings (SSSR count). The number of nitrogens with zero attached hydrogens (tertiary/aromatic N) is 3. The Morgan fingerprint density at radius 3 is 2.71 bits per heavy atom. The van der Waals surface area contributed by atoms with Crippen LogP contribution >= 0.6 is 0 Å². The average molecular weight is 291 g/mol. The number of rotatable bonds is 3. The minimum Gasteiger partial charge on any atom is -0.481 e. The molecular weight excluding hydrogens is 270 g/mol. The molecule has 2 heterocycles. The van der Waals surface area contributed by atoms with Crippen LogP contribution in [-0.4, -0.2) is 44.7 Å². The highest BCUT2D eigenvalue weighted by Crippen LogP contribution is 2.25. The van der Waals surface area contributed by atoms with E-state index >= 15 is 0 Å². The van der Waals surface area contributed by atoms with Gasteiger partial charge in [0, 0.05) is 12.6 Å². The molecule has 6 heteroatoms. The molecule has 1 aliphatic rings. The molecule has 1 aliphatic heterocycles. The second kappa shape index (κ2) is 6.20. The van der Waals surface area contributed by atoms with Gasteiger partial charge in [-0.05, 0) is 39.2 Å². The number of aromatic nitrogens is 2. The molecule has 1 aromatic rings. The second-order valence-electron chi connectivity index (χ2n) is 5.61. The number of carboxylic acids is 1. The normalized spacial score (nSPS) is 22.1. The summed E-state index contributed by atoms with van der Waals surface area (Å²) in [6, 6.07) is 1.69. The van der Waals surface area contributed by atoms with Crippen molar-refractivity contribution in [3.05, 3.63) is 23.0 Å². The number of aliphatic carboxylic acids is 1. The van der Waals surface area contributed by atoms with E-state index in [2.05, 4.69) is 10.2 Å². The first-order valence-corrected chi connectivity index (χ1v) is 7.31. The Bertz CT molecular complexity index is 559. The maximum atomic E-state index is 12.7. The zero-order valence-corrected chi connectivity index (χ0v) is 12.7. The Balaban J connectivity index is 2.21. The summed E-state index contributed by atoms with van der Waals surface area (Å²) < 4.78 is 0. The molecule has 114 valence electrons. The van der Waals surface area contributed by atoms with E-state index in [1.807, 2.05) is 20.8 Å². The van der Waals surface area contributed by atoms with Crippen LogP contribution in [0.4, 0.5) is 0 Å². The zero-order valence-electron chi connectivity index (χ0n) is 12.7. The standard InChI is InChI=1S/C15H21N3O3/c1-4-13-12(7-9(2)16-17-13)14(19)18-6-5-11(15(20)21)8-10(18)3/h7,10-11H,4-6,8H2,1-3H3,(H,20,21). The quantitative estimate of drug-likeness (QED) is 0.916. The lowest BCUT2D eigenvalue weighted by Gasteiger charge is -2.36. The first-order valence-electron chi connectivity index (χ1n) is 7.31. The van der Waals surface area contributed by atoms with Gasteiger partial charge < -0.3 is 10.0 Å². The van der Waals surface area contributed by atoms with E-state index in [0.717, 1.165) is 0 Å². The second-order valence-corrected chi connectivity index (χ2v) is 5.61. The first kappa shape index (κ1) is 15.4. The van der Waals surface area contributed by atoms with E-state index in [1.165, 1.54) is 0 Å². The summed E-state index contributed by atoms with van der Waals surface area (Å²) in [5.41, 5.74) is 1.99. The van der Waals surface area contributed by atoms with Crippen molar-refractivity contribution >= 4 is 11.9 Å². The van der Waals surface area contributed by atoms with Crippen molar-refractivity contribution in [1.82, 2.24) is 15.1 Å². The van der Waals surface area contributed by atoms with Crippen molar-refractivity contribution in [2.45, 2.75) is 46.1 Å². The van der Waals surface area contributed by atoms with Crippen LogP contribution in [0.25, 0.3) is 0 Å². The van der Waals surface area contributed by atoms with Crippen LogP contribution in [0.1, 0.15) is 48.4 Å². The average Bonchev–Trinajstić information content (AvgIpc) is 2.46. The molecule has 0 radical (unpaired) electrons. The molecule has 0 aliphatic carbocycles. The number of carbonyl (C=O) groups is 2. The van der Waals surface area contributed by atoms with Crippen LogP contribution in [0, 0.1) is 12.8 Å². The fourth-order valence-corrected chi connectivity index (χ4v) is 2.81. The van der Waals surface area contributed by atoms with Gasteiger partial charge in [0.15, 0.2) is 0 Å². The Morgan fingerprint density at radius 2 is 2.14 bits per heavy atom. The molecular formula is C15H21N3O3. The molecule has 0 saturated carbocycles. The van der Waals surface area contributed by atoms with Gasteiger partial charge in [0.25, 0.3) is 5.91 Å². The smallest absolute Gasteiger partial charge is 0.306 e. The Labute approximate surface area is 124 Å². The minimum absolute atomic E-state index is 0.0683. The molecule has 21 heavy (non-hydrogen) atoms. The van der Waals surface area contributed by atoms with Crippen LogP contribution in [-0.2, 0) is 11.2 Å². The molecule has 0 spiro atoms. The lowest BCUT2D eigenvalue weighted by atomic mass is 9.91. The van der Waals surface area contributed by atoms with Gasteiger partial charge in [-0.15, -0.1) is 0 Å². The van der Waals surface area contributed by atoms with Crippen molar-refractivity contribution in [2.75, 3.05) is 6.54 Å². The van der Waals surface area contributed by atoms with E-state index in [4.69, 9.17) is 5.11 Å². The van der Waals surface area contributed by atoms with Crippen molar-refractivity contribution < 1.29 is 14.7 Å². The van der Waals surface area contributed by atoms with E-state index < -0.39 is 5.97 Å². The summed E-state index contributed by atoms with van der Waals surface area (Å²) in [5, 5.41) is 17.2. The van der Waals surface area contributed by atoms with E-state index in [1.54, 1.807) is 11.0 Å². The Morgan fingerprint density at radius 1 is 1.43 bits per heavy atom. The first-order chi connectivity index (χ1) is 9.93. The summed E-state index contributed by atoms with van der Waals surface area (Å²) in [6.45, 7) is 6.13. The van der Waals surface area contributed by atoms with Gasteiger partial charge in [-0.3, -0.25) is 9.59 Å². The number of aryl methyl sites for hydroxylation is 2. The highest BCUT2D eigenvalue weighted by Gasteiger charge is 2.33. The van der Waals surface area contributed by atoms with Crippen LogP contribution in [0.2, 0.25) is 0 Å². The molecule has 0 aromatic carbocycles. The van der Waals surface area contributed by atoms with E-state index in [0.29, 0.717) is 42.8 Å². The summed E-state index contributed by atoms with van der Waals surface area (Å²) >= 11 is 0. The van der Waals surface area contributed by atoms with E-state index in [9.17, 15) is 9.59 Å². The largest absolute Gasteiger partial charge is 0.481 e. The third-order valence-corrected chi connectivity index (χ3v) is 4.04. The number of amides is 1. The van der Waals surface area contributed by atoms with Crippen molar-refractivity contribution in [2.24, 2.45) is 5.92 Å². The van der Waals surface area contributed by atoms with Gasteiger partial charge in [0.05, 0.1) is 22.9 Å². The number of hydrogen-bond donors (Lipinski definition) is 1. The number of carboxylic acid groups (broad SMARTS) is 1. The lowest BCUT2D eigenvalue weighted by Crippen LogP contribution is -2.46. The Kier molecular flexibility index (Phi) is 4.55. The van der Waals surface area contributed by atoms with Crippen LogP contribution in [0.5, 0.6) is 0 Å². The maximum absolute atomic E-state index is 12.7.